The first-order chi connectivity index (χ1) is 17.0. The van der Waals surface area contributed by atoms with Crippen molar-refractivity contribution in [2.45, 2.75) is 72.8 Å². The molecule has 2 aliphatic rings. The Labute approximate surface area is 212 Å². The van der Waals surface area contributed by atoms with Gasteiger partial charge in [-0.15, -0.1) is 0 Å². The smallest absolute Gasteiger partial charge is 0.435 e. The number of anilines is 1. The quantitative estimate of drug-likeness (QED) is 0.383. The van der Waals surface area contributed by atoms with Crippen molar-refractivity contribution >= 4 is 23.7 Å². The third-order valence-corrected chi connectivity index (χ3v) is 6.84. The van der Waals surface area contributed by atoms with E-state index < -0.39 is 23.6 Å². The highest BCUT2D eigenvalue weighted by Crippen LogP contribution is 2.53. The lowest BCUT2D eigenvalue weighted by Crippen LogP contribution is -2.38. The van der Waals surface area contributed by atoms with Crippen LogP contribution in [0.1, 0.15) is 64.8 Å². The van der Waals surface area contributed by atoms with Gasteiger partial charge in [0, 0.05) is 11.3 Å². The second kappa shape index (κ2) is 10.1. The fourth-order valence-electron chi connectivity index (χ4n) is 5.05. The van der Waals surface area contributed by atoms with E-state index in [2.05, 4.69) is 10.4 Å². The molecule has 0 radical (unpaired) electrons. The molecular formula is C28H37N3O5. The standard InChI is InChI=1S/C28H37N3O5/c1-7-35-26(33)24(23(19-8-9-19)20-10-11-20)25(32)29-21-14-12-18(13-15-21)22-16(2)30-31(17(22)3)27(34)36-28(4,5)6/h12-15,19-20,23-24H,7-11H2,1-6H3,(H,29,32). The Morgan fingerprint density at radius 2 is 1.64 bits per heavy atom. The van der Waals surface area contributed by atoms with E-state index in [-0.39, 0.29) is 18.4 Å². The number of nitrogens with one attached hydrogen (secondary N) is 1. The van der Waals surface area contributed by atoms with Crippen molar-refractivity contribution in [3.8, 4) is 11.1 Å². The first-order valence-electron chi connectivity index (χ1n) is 12.9. The Hall–Kier alpha value is -3.16. The van der Waals surface area contributed by atoms with Gasteiger partial charge in [-0.2, -0.15) is 9.78 Å². The minimum Gasteiger partial charge on any atom is -0.465 e. The molecule has 8 nitrogen and oxygen atoms in total. The van der Waals surface area contributed by atoms with E-state index in [0.29, 0.717) is 28.9 Å². The summed E-state index contributed by atoms with van der Waals surface area (Å²) in [6.45, 7) is 11.1. The van der Waals surface area contributed by atoms with Crippen LogP contribution < -0.4 is 5.32 Å². The Kier molecular flexibility index (Phi) is 7.25. The van der Waals surface area contributed by atoms with Crippen LogP contribution in [-0.2, 0) is 19.1 Å². The number of benzene rings is 1. The number of rotatable bonds is 8. The van der Waals surface area contributed by atoms with Crippen LogP contribution in [0.3, 0.4) is 0 Å². The number of hydrogen-bond acceptors (Lipinski definition) is 6. The third-order valence-electron chi connectivity index (χ3n) is 6.84. The Bertz CT molecular complexity index is 1130. The van der Waals surface area contributed by atoms with Gasteiger partial charge in [-0.1, -0.05) is 12.1 Å². The zero-order valence-electron chi connectivity index (χ0n) is 22.1. The lowest BCUT2D eigenvalue weighted by molar-refractivity contribution is -0.154. The highest BCUT2D eigenvalue weighted by Gasteiger charge is 2.51. The van der Waals surface area contributed by atoms with Crippen LogP contribution in [0.4, 0.5) is 10.5 Å². The van der Waals surface area contributed by atoms with Crippen molar-refractivity contribution in [2.75, 3.05) is 11.9 Å². The minimum atomic E-state index is -0.777. The fraction of sp³-hybridized carbons (Fsp3) is 0.571. The van der Waals surface area contributed by atoms with Gasteiger partial charge in [-0.05, 0) is 103 Å². The molecule has 0 saturated heterocycles. The van der Waals surface area contributed by atoms with Gasteiger partial charge in [0.1, 0.15) is 11.5 Å². The molecular weight excluding hydrogens is 458 g/mol. The van der Waals surface area contributed by atoms with Gasteiger partial charge >= 0.3 is 12.1 Å². The van der Waals surface area contributed by atoms with Crippen LogP contribution in [0, 0.1) is 37.5 Å². The minimum absolute atomic E-state index is 0.0623. The average Bonchev–Trinajstić information content (AvgIpc) is 3.71. The molecule has 2 aromatic rings. The Morgan fingerprint density at radius 1 is 1.06 bits per heavy atom. The number of carbonyl (C=O) groups is 3. The van der Waals surface area contributed by atoms with Gasteiger partial charge in [-0.25, -0.2) is 4.79 Å². The molecule has 1 atom stereocenters. The lowest BCUT2D eigenvalue weighted by atomic mass is 9.83. The molecule has 2 saturated carbocycles. The number of nitrogens with zero attached hydrogens (tertiary/aromatic N) is 2. The number of esters is 1. The van der Waals surface area contributed by atoms with Crippen LogP contribution in [0.5, 0.6) is 0 Å². The van der Waals surface area contributed by atoms with E-state index in [4.69, 9.17) is 9.47 Å². The molecule has 194 valence electrons. The molecule has 1 amide bonds. The molecule has 1 aromatic carbocycles. The number of carbonyl (C=O) groups excluding carboxylic acids is 3. The summed E-state index contributed by atoms with van der Waals surface area (Å²) in [5.41, 5.74) is 3.08. The predicted octanol–water partition coefficient (Wildman–Crippen LogP) is 5.50. The lowest BCUT2D eigenvalue weighted by Gasteiger charge is -2.25. The van der Waals surface area contributed by atoms with E-state index >= 15 is 0 Å². The van der Waals surface area contributed by atoms with E-state index in [9.17, 15) is 14.4 Å². The molecule has 8 heteroatoms. The molecule has 0 aliphatic heterocycles. The highest BCUT2D eigenvalue weighted by atomic mass is 16.6. The van der Waals surface area contributed by atoms with Gasteiger partial charge in [0.25, 0.3) is 0 Å². The maximum Gasteiger partial charge on any atom is 0.435 e. The molecule has 2 fully saturated rings. The molecule has 1 N–H and O–H groups in total. The molecule has 4 rings (SSSR count). The maximum atomic E-state index is 13.3. The second-order valence-corrected chi connectivity index (χ2v) is 11.0. The van der Waals surface area contributed by atoms with Gasteiger partial charge in [0.15, 0.2) is 0 Å². The number of hydrogen-bond donors (Lipinski definition) is 1. The summed E-state index contributed by atoms with van der Waals surface area (Å²) in [6.07, 6.45) is 3.79. The SMILES string of the molecule is CCOC(=O)C(C(=O)Nc1ccc(-c2c(C)nn(C(=O)OC(C)(C)C)c2C)cc1)C(C1CC1)C1CC1. The molecule has 0 spiro atoms. The van der Waals surface area contributed by atoms with Gasteiger partial charge in [0.2, 0.25) is 5.91 Å². The van der Waals surface area contributed by atoms with Crippen LogP contribution in [-0.4, -0.2) is 40.0 Å². The van der Waals surface area contributed by atoms with Crippen molar-refractivity contribution in [1.29, 1.82) is 0 Å². The molecule has 1 unspecified atom stereocenters. The fourth-order valence-corrected chi connectivity index (χ4v) is 5.05. The van der Waals surface area contributed by atoms with Crippen molar-refractivity contribution in [3.05, 3.63) is 35.7 Å². The molecule has 36 heavy (non-hydrogen) atoms. The predicted molar refractivity (Wildman–Crippen MR) is 136 cm³/mol. The zero-order chi connectivity index (χ0) is 26.2. The summed E-state index contributed by atoms with van der Waals surface area (Å²) >= 11 is 0. The first kappa shape index (κ1) is 25.9. The van der Waals surface area contributed by atoms with E-state index in [1.54, 1.807) is 6.92 Å². The monoisotopic (exact) mass is 495 g/mol. The first-order valence-corrected chi connectivity index (χ1v) is 12.9. The van der Waals surface area contributed by atoms with Crippen molar-refractivity contribution < 1.29 is 23.9 Å². The Morgan fingerprint density at radius 3 is 2.14 bits per heavy atom. The molecule has 1 aromatic heterocycles. The van der Waals surface area contributed by atoms with Crippen LogP contribution in [0.15, 0.2) is 24.3 Å². The summed E-state index contributed by atoms with van der Waals surface area (Å²) in [6, 6.07) is 7.38. The van der Waals surface area contributed by atoms with Crippen molar-refractivity contribution in [3.63, 3.8) is 0 Å². The average molecular weight is 496 g/mol. The van der Waals surface area contributed by atoms with E-state index in [1.165, 1.54) is 4.68 Å². The normalized spacial score (nSPS) is 16.5. The van der Waals surface area contributed by atoms with Crippen LogP contribution in [0.25, 0.3) is 11.1 Å². The van der Waals surface area contributed by atoms with Crippen molar-refractivity contribution in [2.24, 2.45) is 23.7 Å². The molecule has 2 aliphatic carbocycles. The number of aromatic nitrogens is 2. The van der Waals surface area contributed by atoms with Crippen LogP contribution in [0.2, 0.25) is 0 Å². The van der Waals surface area contributed by atoms with Gasteiger partial charge in [0.05, 0.1) is 18.0 Å². The van der Waals surface area contributed by atoms with E-state index in [1.807, 2.05) is 58.9 Å². The molecule has 1 heterocycles. The second-order valence-electron chi connectivity index (χ2n) is 11.0. The van der Waals surface area contributed by atoms with Gasteiger partial charge < -0.3 is 14.8 Å². The number of ether oxygens (including phenoxy) is 2. The summed E-state index contributed by atoms with van der Waals surface area (Å²) < 4.78 is 12.1. The summed E-state index contributed by atoms with van der Waals surface area (Å²) in [5, 5.41) is 7.34. The summed E-state index contributed by atoms with van der Waals surface area (Å²) in [7, 11) is 0. The zero-order valence-corrected chi connectivity index (χ0v) is 22.1. The summed E-state index contributed by atoms with van der Waals surface area (Å²) in [5.74, 6) is -0.556. The molecule has 0 bridgehead atoms. The summed E-state index contributed by atoms with van der Waals surface area (Å²) in [4.78, 5) is 38.7. The number of amides is 1. The third kappa shape index (κ3) is 5.79. The number of aryl methyl sites for hydroxylation is 1. The van der Waals surface area contributed by atoms with Crippen LogP contribution >= 0.6 is 0 Å². The topological polar surface area (TPSA) is 99.5 Å². The largest absolute Gasteiger partial charge is 0.465 e. The Balaban J connectivity index is 1.52. The highest BCUT2D eigenvalue weighted by molar-refractivity contribution is 6.05. The van der Waals surface area contributed by atoms with E-state index in [0.717, 1.165) is 36.8 Å². The maximum absolute atomic E-state index is 13.3. The van der Waals surface area contributed by atoms with Gasteiger partial charge in [-0.3, -0.25) is 9.59 Å². The van der Waals surface area contributed by atoms with Crippen molar-refractivity contribution in [1.82, 2.24) is 9.78 Å².